The first-order valence-electron chi connectivity index (χ1n) is 5.16. The number of fused-ring (bicyclic) bond motifs is 2. The molecule has 74 valence electrons. The molecule has 0 amide bonds. The topological polar surface area (TPSA) is 29.5 Å². The summed E-state index contributed by atoms with van der Waals surface area (Å²) in [7, 11) is 0. The Kier molecular flexibility index (Phi) is 1.74. The van der Waals surface area contributed by atoms with Gasteiger partial charge in [0.25, 0.3) is 0 Å². The standard InChI is InChI=1S/C10H16O2S/c11-6-9-4-8(9)5-12-10(9)2-1-3-13-7-10/h8,11H,1-7H2. The number of hydrogen-bond donors (Lipinski definition) is 1. The van der Waals surface area contributed by atoms with Crippen LogP contribution in [-0.4, -0.2) is 35.4 Å². The summed E-state index contributed by atoms with van der Waals surface area (Å²) in [5.41, 5.74) is 0.246. The van der Waals surface area contributed by atoms with Gasteiger partial charge in [-0.3, -0.25) is 0 Å². The number of thioether (sulfide) groups is 1. The molecule has 1 spiro atoms. The Labute approximate surface area is 83.0 Å². The highest BCUT2D eigenvalue weighted by Gasteiger charge is 2.71. The molecule has 3 heteroatoms. The van der Waals surface area contributed by atoms with Crippen LogP contribution in [-0.2, 0) is 4.74 Å². The SMILES string of the molecule is OCC12CC1COC21CCCSC1. The van der Waals surface area contributed by atoms with Crippen molar-refractivity contribution in [2.45, 2.75) is 24.9 Å². The zero-order chi connectivity index (χ0) is 8.94. The molecule has 0 radical (unpaired) electrons. The van der Waals surface area contributed by atoms with Crippen LogP contribution in [0.15, 0.2) is 0 Å². The molecule has 13 heavy (non-hydrogen) atoms. The van der Waals surface area contributed by atoms with E-state index in [1.807, 2.05) is 11.8 Å². The van der Waals surface area contributed by atoms with Gasteiger partial charge in [0.1, 0.15) is 0 Å². The van der Waals surface area contributed by atoms with E-state index >= 15 is 0 Å². The van der Waals surface area contributed by atoms with Crippen LogP contribution in [0.2, 0.25) is 0 Å². The van der Waals surface area contributed by atoms with E-state index in [1.165, 1.54) is 25.0 Å². The predicted molar refractivity (Wildman–Crippen MR) is 52.9 cm³/mol. The third-order valence-electron chi connectivity index (χ3n) is 4.19. The summed E-state index contributed by atoms with van der Waals surface area (Å²) in [4.78, 5) is 0. The zero-order valence-corrected chi connectivity index (χ0v) is 8.61. The molecule has 3 unspecified atom stereocenters. The fourth-order valence-corrected chi connectivity index (χ4v) is 4.51. The van der Waals surface area contributed by atoms with Crippen molar-refractivity contribution in [2.24, 2.45) is 11.3 Å². The van der Waals surface area contributed by atoms with Crippen LogP contribution in [0, 0.1) is 11.3 Å². The minimum Gasteiger partial charge on any atom is -0.396 e. The molecule has 0 aromatic rings. The summed E-state index contributed by atoms with van der Waals surface area (Å²) in [6.07, 6.45) is 3.65. The molecule has 3 aliphatic rings. The number of ether oxygens (including phenoxy) is 1. The molecule has 2 heterocycles. The summed E-state index contributed by atoms with van der Waals surface area (Å²) in [5.74, 6) is 3.07. The van der Waals surface area contributed by atoms with Gasteiger partial charge in [0.05, 0.1) is 18.8 Å². The molecule has 2 aliphatic heterocycles. The van der Waals surface area contributed by atoms with Crippen molar-refractivity contribution in [3.05, 3.63) is 0 Å². The van der Waals surface area contributed by atoms with Crippen molar-refractivity contribution in [1.29, 1.82) is 0 Å². The first-order chi connectivity index (χ1) is 6.33. The summed E-state index contributed by atoms with van der Waals surface area (Å²) in [6, 6.07) is 0. The van der Waals surface area contributed by atoms with Gasteiger partial charge in [0, 0.05) is 11.2 Å². The van der Waals surface area contributed by atoms with E-state index in [0.717, 1.165) is 12.4 Å². The molecular weight excluding hydrogens is 184 g/mol. The number of aliphatic hydroxyl groups is 1. The molecule has 1 N–H and O–H groups in total. The molecule has 0 aromatic heterocycles. The van der Waals surface area contributed by atoms with Crippen LogP contribution in [0.5, 0.6) is 0 Å². The minimum atomic E-state index is 0.0648. The molecular formula is C10H16O2S. The quantitative estimate of drug-likeness (QED) is 0.691. The lowest BCUT2D eigenvalue weighted by Crippen LogP contribution is -2.45. The Morgan fingerprint density at radius 1 is 1.54 bits per heavy atom. The van der Waals surface area contributed by atoms with E-state index in [4.69, 9.17) is 4.74 Å². The minimum absolute atomic E-state index is 0.0648. The van der Waals surface area contributed by atoms with E-state index in [0.29, 0.717) is 12.5 Å². The Morgan fingerprint density at radius 2 is 2.46 bits per heavy atom. The van der Waals surface area contributed by atoms with Crippen molar-refractivity contribution in [3.63, 3.8) is 0 Å². The fourth-order valence-electron chi connectivity index (χ4n) is 3.17. The monoisotopic (exact) mass is 200 g/mol. The zero-order valence-electron chi connectivity index (χ0n) is 7.79. The number of rotatable bonds is 1. The van der Waals surface area contributed by atoms with E-state index < -0.39 is 0 Å². The van der Waals surface area contributed by atoms with Crippen LogP contribution >= 0.6 is 11.8 Å². The van der Waals surface area contributed by atoms with Crippen molar-refractivity contribution in [2.75, 3.05) is 24.7 Å². The van der Waals surface area contributed by atoms with E-state index in [-0.39, 0.29) is 11.0 Å². The number of hydrogen-bond acceptors (Lipinski definition) is 3. The van der Waals surface area contributed by atoms with Gasteiger partial charge in [-0.05, 0) is 30.9 Å². The van der Waals surface area contributed by atoms with Gasteiger partial charge >= 0.3 is 0 Å². The van der Waals surface area contributed by atoms with Gasteiger partial charge in [0.15, 0.2) is 0 Å². The summed E-state index contributed by atoms with van der Waals surface area (Å²) in [6.45, 7) is 1.25. The average molecular weight is 200 g/mol. The maximum Gasteiger partial charge on any atom is 0.0854 e. The van der Waals surface area contributed by atoms with Gasteiger partial charge in [0.2, 0.25) is 0 Å². The van der Waals surface area contributed by atoms with Crippen LogP contribution in [0.1, 0.15) is 19.3 Å². The maximum atomic E-state index is 9.50. The smallest absolute Gasteiger partial charge is 0.0854 e. The molecule has 2 saturated heterocycles. The largest absolute Gasteiger partial charge is 0.396 e. The van der Waals surface area contributed by atoms with Gasteiger partial charge in [-0.15, -0.1) is 0 Å². The maximum absolute atomic E-state index is 9.50. The molecule has 1 aliphatic carbocycles. The second-order valence-corrected chi connectivity index (χ2v) is 5.78. The van der Waals surface area contributed by atoms with E-state index in [1.54, 1.807) is 0 Å². The van der Waals surface area contributed by atoms with Crippen LogP contribution in [0.25, 0.3) is 0 Å². The lowest BCUT2D eigenvalue weighted by Gasteiger charge is -2.39. The van der Waals surface area contributed by atoms with Gasteiger partial charge in [-0.2, -0.15) is 11.8 Å². The Bertz CT molecular complexity index is 221. The molecule has 0 bridgehead atoms. The molecule has 1 saturated carbocycles. The molecule has 3 rings (SSSR count). The highest BCUT2D eigenvalue weighted by molar-refractivity contribution is 7.99. The van der Waals surface area contributed by atoms with Crippen LogP contribution in [0.4, 0.5) is 0 Å². The first kappa shape index (κ1) is 8.57. The third-order valence-corrected chi connectivity index (χ3v) is 5.43. The highest BCUT2D eigenvalue weighted by Crippen LogP contribution is 2.67. The normalized spacial score (nSPS) is 53.8. The summed E-state index contributed by atoms with van der Waals surface area (Å²) < 4.78 is 5.96. The molecule has 3 fully saturated rings. The van der Waals surface area contributed by atoms with Gasteiger partial charge in [-0.1, -0.05) is 0 Å². The predicted octanol–water partition coefficient (Wildman–Crippen LogP) is 1.28. The summed E-state index contributed by atoms with van der Waals surface area (Å²) in [5, 5.41) is 9.50. The number of aliphatic hydroxyl groups excluding tert-OH is 1. The van der Waals surface area contributed by atoms with Crippen LogP contribution in [0.3, 0.4) is 0 Å². The lowest BCUT2D eigenvalue weighted by atomic mass is 9.82. The van der Waals surface area contributed by atoms with Gasteiger partial charge < -0.3 is 9.84 Å². The third kappa shape index (κ3) is 0.932. The van der Waals surface area contributed by atoms with E-state index in [2.05, 4.69) is 0 Å². The van der Waals surface area contributed by atoms with Gasteiger partial charge in [-0.25, -0.2) is 0 Å². The second kappa shape index (κ2) is 2.65. The average Bonchev–Trinajstić information content (AvgIpc) is 2.86. The van der Waals surface area contributed by atoms with E-state index in [9.17, 15) is 5.11 Å². The molecule has 2 nitrogen and oxygen atoms in total. The summed E-state index contributed by atoms with van der Waals surface area (Å²) >= 11 is 2.00. The fraction of sp³-hybridized carbons (Fsp3) is 1.00. The second-order valence-electron chi connectivity index (χ2n) is 4.68. The lowest BCUT2D eigenvalue weighted by molar-refractivity contribution is -0.0580. The molecule has 3 atom stereocenters. The Hall–Kier alpha value is 0.270. The van der Waals surface area contributed by atoms with Crippen molar-refractivity contribution >= 4 is 11.8 Å². The molecule has 0 aromatic carbocycles. The first-order valence-corrected chi connectivity index (χ1v) is 6.31. The van der Waals surface area contributed by atoms with Crippen molar-refractivity contribution < 1.29 is 9.84 Å². The Balaban J connectivity index is 1.88. The Morgan fingerprint density at radius 3 is 3.08 bits per heavy atom. The van der Waals surface area contributed by atoms with Crippen molar-refractivity contribution in [3.8, 4) is 0 Å². The highest BCUT2D eigenvalue weighted by atomic mass is 32.2. The van der Waals surface area contributed by atoms with Crippen LogP contribution < -0.4 is 0 Å². The van der Waals surface area contributed by atoms with Crippen molar-refractivity contribution in [1.82, 2.24) is 0 Å².